The third kappa shape index (κ3) is 2.08. The van der Waals surface area contributed by atoms with Crippen LogP contribution in [-0.4, -0.2) is 56.5 Å². The fourth-order valence-corrected chi connectivity index (χ4v) is 2.53. The summed E-state index contributed by atoms with van der Waals surface area (Å²) in [5.41, 5.74) is 5.12. The van der Waals surface area contributed by atoms with Crippen molar-refractivity contribution in [3.05, 3.63) is 12.2 Å². The van der Waals surface area contributed by atoms with Crippen LogP contribution in [0.1, 0.15) is 30.7 Å². The molecule has 2 aliphatic heterocycles. The zero-order chi connectivity index (χ0) is 14.5. The second-order valence-corrected chi connectivity index (χ2v) is 5.22. The second kappa shape index (κ2) is 4.48. The molecule has 0 radical (unpaired) electrons. The summed E-state index contributed by atoms with van der Waals surface area (Å²) in [4.78, 5) is 14.8. The number of carbonyl (C=O) groups is 1. The summed E-state index contributed by atoms with van der Waals surface area (Å²) in [6.07, 6.45) is -0.644. The van der Waals surface area contributed by atoms with Crippen LogP contribution in [0.2, 0.25) is 0 Å². The molecule has 1 amide bonds. The van der Waals surface area contributed by atoms with Crippen molar-refractivity contribution in [1.82, 2.24) is 14.8 Å². The summed E-state index contributed by atoms with van der Waals surface area (Å²) in [5, 5.41) is 13.3. The Morgan fingerprint density at radius 1 is 1.50 bits per heavy atom. The molecule has 2 saturated heterocycles. The fraction of sp³-hybridized carbons (Fsp3) is 0.727. The number of nitrogens with zero attached hydrogens (tertiary/aromatic N) is 3. The van der Waals surface area contributed by atoms with E-state index in [9.17, 15) is 9.90 Å². The average molecular weight is 284 g/mol. The molecule has 9 heteroatoms. The quantitative estimate of drug-likeness (QED) is 0.713. The van der Waals surface area contributed by atoms with Crippen LogP contribution in [-0.2, 0) is 14.2 Å². The number of fused-ring (bicyclic) bond motifs is 1. The van der Waals surface area contributed by atoms with E-state index in [1.54, 1.807) is 13.8 Å². The Morgan fingerprint density at radius 3 is 2.80 bits per heavy atom. The van der Waals surface area contributed by atoms with Crippen molar-refractivity contribution in [1.29, 1.82) is 0 Å². The maximum atomic E-state index is 11.0. The summed E-state index contributed by atoms with van der Waals surface area (Å²) >= 11 is 0. The molecule has 3 N–H and O–H groups in total. The van der Waals surface area contributed by atoms with Crippen molar-refractivity contribution in [2.75, 3.05) is 6.61 Å². The number of nitrogens with two attached hydrogens (primary N) is 1. The number of hydrogen-bond donors (Lipinski definition) is 2. The predicted molar refractivity (Wildman–Crippen MR) is 63.4 cm³/mol. The Bertz CT molecular complexity index is 531. The van der Waals surface area contributed by atoms with Crippen LogP contribution in [0.15, 0.2) is 6.33 Å². The van der Waals surface area contributed by atoms with Crippen molar-refractivity contribution >= 4 is 5.91 Å². The van der Waals surface area contributed by atoms with Gasteiger partial charge in [-0.1, -0.05) is 0 Å². The van der Waals surface area contributed by atoms with Crippen molar-refractivity contribution in [3.8, 4) is 0 Å². The van der Waals surface area contributed by atoms with E-state index in [0.717, 1.165) is 0 Å². The summed E-state index contributed by atoms with van der Waals surface area (Å²) in [6.45, 7) is 3.37. The van der Waals surface area contributed by atoms with E-state index >= 15 is 0 Å². The first-order valence-electron chi connectivity index (χ1n) is 6.24. The van der Waals surface area contributed by atoms with Crippen LogP contribution in [0.4, 0.5) is 0 Å². The Kier molecular flexibility index (Phi) is 3.01. The fourth-order valence-electron chi connectivity index (χ4n) is 2.53. The van der Waals surface area contributed by atoms with Gasteiger partial charge in [0, 0.05) is 0 Å². The molecular weight excluding hydrogens is 268 g/mol. The molecule has 3 rings (SSSR count). The molecule has 20 heavy (non-hydrogen) atoms. The molecule has 0 unspecified atom stereocenters. The summed E-state index contributed by atoms with van der Waals surface area (Å²) < 4.78 is 18.5. The van der Waals surface area contributed by atoms with Gasteiger partial charge in [-0.15, -0.1) is 5.10 Å². The molecule has 2 aliphatic rings. The lowest BCUT2D eigenvalue weighted by Crippen LogP contribution is -2.31. The predicted octanol–water partition coefficient (Wildman–Crippen LogP) is -1.21. The third-order valence-electron chi connectivity index (χ3n) is 3.29. The van der Waals surface area contributed by atoms with Crippen LogP contribution in [0.25, 0.3) is 0 Å². The van der Waals surface area contributed by atoms with Crippen LogP contribution in [0, 0.1) is 0 Å². The number of hydrogen-bond acceptors (Lipinski definition) is 7. The van der Waals surface area contributed by atoms with E-state index in [4.69, 9.17) is 19.9 Å². The highest BCUT2D eigenvalue weighted by molar-refractivity contribution is 5.88. The monoisotopic (exact) mass is 284 g/mol. The highest BCUT2D eigenvalue weighted by Crippen LogP contribution is 2.42. The third-order valence-corrected chi connectivity index (χ3v) is 3.29. The molecule has 9 nitrogen and oxygen atoms in total. The van der Waals surface area contributed by atoms with Crippen molar-refractivity contribution in [2.45, 2.75) is 44.2 Å². The van der Waals surface area contributed by atoms with Crippen LogP contribution >= 0.6 is 0 Å². The van der Waals surface area contributed by atoms with Gasteiger partial charge < -0.3 is 25.1 Å². The molecule has 1 aromatic heterocycles. The van der Waals surface area contributed by atoms with Gasteiger partial charge in [-0.2, -0.15) is 0 Å². The van der Waals surface area contributed by atoms with Gasteiger partial charge in [0.1, 0.15) is 24.6 Å². The maximum Gasteiger partial charge on any atom is 0.288 e. The Labute approximate surface area is 114 Å². The van der Waals surface area contributed by atoms with E-state index in [2.05, 4.69) is 10.1 Å². The highest BCUT2D eigenvalue weighted by atomic mass is 16.8. The first-order chi connectivity index (χ1) is 9.41. The van der Waals surface area contributed by atoms with Crippen molar-refractivity contribution in [3.63, 3.8) is 0 Å². The van der Waals surface area contributed by atoms with Gasteiger partial charge in [0.25, 0.3) is 5.91 Å². The van der Waals surface area contributed by atoms with Gasteiger partial charge in [0.2, 0.25) is 5.82 Å². The molecule has 110 valence electrons. The number of aliphatic hydroxyl groups is 1. The standard InChI is InChI=1S/C11H16N4O5/c1-11(2)19-6-5(3-16)18-10(7(6)20-11)15-4-13-9(14-15)8(12)17/h4-7,10,16H,3H2,1-2H3,(H2,12,17)/t5-,6+,7+,10+/m1/s1. The van der Waals surface area contributed by atoms with E-state index in [-0.39, 0.29) is 12.4 Å². The van der Waals surface area contributed by atoms with Crippen LogP contribution in [0.5, 0.6) is 0 Å². The lowest BCUT2D eigenvalue weighted by Gasteiger charge is -2.23. The Hall–Kier alpha value is -1.55. The average Bonchev–Trinajstić information content (AvgIpc) is 3.01. The molecule has 1 aromatic rings. The molecule has 0 aromatic carbocycles. The van der Waals surface area contributed by atoms with E-state index in [0.29, 0.717) is 0 Å². The molecule has 2 fully saturated rings. The maximum absolute atomic E-state index is 11.0. The van der Waals surface area contributed by atoms with Crippen LogP contribution in [0.3, 0.4) is 0 Å². The zero-order valence-electron chi connectivity index (χ0n) is 11.1. The molecule has 0 saturated carbocycles. The highest BCUT2D eigenvalue weighted by Gasteiger charge is 2.56. The SMILES string of the molecule is CC1(C)O[C@@H]2[C@H](O1)[C@@H](n1cnc(C(N)=O)n1)O[C@@H]2CO. The molecule has 0 aliphatic carbocycles. The molecular formula is C11H16N4O5. The number of primary amides is 1. The second-order valence-electron chi connectivity index (χ2n) is 5.22. The zero-order valence-corrected chi connectivity index (χ0v) is 11.1. The van der Waals surface area contributed by atoms with E-state index in [1.807, 2.05) is 0 Å². The number of rotatable bonds is 3. The van der Waals surface area contributed by atoms with Gasteiger partial charge in [-0.05, 0) is 13.8 Å². The molecule has 3 heterocycles. The van der Waals surface area contributed by atoms with Crippen molar-refractivity contribution in [2.24, 2.45) is 5.73 Å². The minimum Gasteiger partial charge on any atom is -0.394 e. The van der Waals surface area contributed by atoms with Gasteiger partial charge >= 0.3 is 0 Å². The lowest BCUT2D eigenvalue weighted by atomic mass is 10.1. The van der Waals surface area contributed by atoms with Gasteiger partial charge in [-0.3, -0.25) is 4.79 Å². The molecule has 0 spiro atoms. The Balaban J connectivity index is 1.87. The van der Waals surface area contributed by atoms with Crippen molar-refractivity contribution < 1.29 is 24.1 Å². The number of amides is 1. The van der Waals surface area contributed by atoms with Crippen LogP contribution < -0.4 is 5.73 Å². The number of ether oxygens (including phenoxy) is 3. The summed E-state index contributed by atoms with van der Waals surface area (Å²) in [5.74, 6) is -1.59. The molecule has 4 atom stereocenters. The number of carbonyl (C=O) groups excluding carboxylic acids is 1. The van der Waals surface area contributed by atoms with Gasteiger partial charge in [0.15, 0.2) is 12.0 Å². The molecule has 0 bridgehead atoms. The largest absolute Gasteiger partial charge is 0.394 e. The minimum absolute atomic E-state index is 0.101. The van der Waals surface area contributed by atoms with E-state index < -0.39 is 36.2 Å². The smallest absolute Gasteiger partial charge is 0.288 e. The van der Waals surface area contributed by atoms with Gasteiger partial charge in [-0.25, -0.2) is 9.67 Å². The topological polar surface area (TPSA) is 122 Å². The first-order valence-corrected chi connectivity index (χ1v) is 6.24. The number of aliphatic hydroxyl groups excluding tert-OH is 1. The summed E-state index contributed by atoms with van der Waals surface area (Å²) in [6, 6.07) is 0. The lowest BCUT2D eigenvalue weighted by molar-refractivity contribution is -0.201. The number of aromatic nitrogens is 3. The first kappa shape index (κ1) is 13.4. The Morgan fingerprint density at radius 2 is 2.20 bits per heavy atom. The normalized spacial score (nSPS) is 35.1. The summed E-state index contributed by atoms with van der Waals surface area (Å²) in [7, 11) is 0. The minimum atomic E-state index is -0.766. The van der Waals surface area contributed by atoms with Gasteiger partial charge in [0.05, 0.1) is 6.61 Å². The van der Waals surface area contributed by atoms with E-state index in [1.165, 1.54) is 11.0 Å².